The molecule has 1 fully saturated rings. The van der Waals surface area contributed by atoms with Crippen molar-refractivity contribution in [3.8, 4) is 22.8 Å². The number of rotatable bonds is 4. The lowest BCUT2D eigenvalue weighted by Gasteiger charge is -2.23. The maximum Gasteiger partial charge on any atom is 0.162 e. The molecule has 1 atom stereocenters. The third-order valence-corrected chi connectivity index (χ3v) is 7.19. The molecule has 2 aliphatic heterocycles. The molecule has 0 unspecified atom stereocenters. The molecular formula is C24H24N4O2S. The van der Waals surface area contributed by atoms with Crippen molar-refractivity contribution in [2.45, 2.75) is 25.4 Å². The first-order valence-electron chi connectivity index (χ1n) is 10.8. The highest BCUT2D eigenvalue weighted by Gasteiger charge is 2.30. The Labute approximate surface area is 185 Å². The number of ether oxygens (including phenoxy) is 2. The molecule has 4 heterocycles. The van der Waals surface area contributed by atoms with Gasteiger partial charge in [-0.3, -0.25) is 9.58 Å². The average molecular weight is 433 g/mol. The quantitative estimate of drug-likeness (QED) is 0.463. The van der Waals surface area contributed by atoms with E-state index in [9.17, 15) is 0 Å². The lowest BCUT2D eigenvalue weighted by molar-refractivity contribution is 0.171. The van der Waals surface area contributed by atoms with E-state index in [1.165, 1.54) is 21.7 Å². The van der Waals surface area contributed by atoms with Crippen LogP contribution in [-0.2, 0) is 13.6 Å². The molecule has 0 saturated carbocycles. The fourth-order valence-electron chi connectivity index (χ4n) is 4.63. The lowest BCUT2D eigenvalue weighted by atomic mass is 10.1. The third-order valence-electron chi connectivity index (χ3n) is 6.05. The zero-order chi connectivity index (χ0) is 20.8. The van der Waals surface area contributed by atoms with E-state index in [0.717, 1.165) is 47.8 Å². The van der Waals surface area contributed by atoms with Gasteiger partial charge in [0.25, 0.3) is 0 Å². The average Bonchev–Trinajstić information content (AvgIpc) is 3.51. The summed E-state index contributed by atoms with van der Waals surface area (Å²) < 4.78 is 14.6. The molecule has 31 heavy (non-hydrogen) atoms. The first kappa shape index (κ1) is 18.8. The highest BCUT2D eigenvalue weighted by molar-refractivity contribution is 7.18. The fourth-order valence-corrected chi connectivity index (χ4v) is 5.77. The predicted molar refractivity (Wildman–Crippen MR) is 122 cm³/mol. The third kappa shape index (κ3) is 3.47. The van der Waals surface area contributed by atoms with Gasteiger partial charge >= 0.3 is 0 Å². The summed E-state index contributed by atoms with van der Waals surface area (Å²) in [5.41, 5.74) is 4.41. The largest absolute Gasteiger partial charge is 0.486 e. The molecule has 0 amide bonds. The van der Waals surface area contributed by atoms with Crippen LogP contribution in [0.3, 0.4) is 0 Å². The van der Waals surface area contributed by atoms with E-state index >= 15 is 0 Å². The summed E-state index contributed by atoms with van der Waals surface area (Å²) >= 11 is 1.83. The van der Waals surface area contributed by atoms with Crippen molar-refractivity contribution in [2.24, 2.45) is 7.05 Å². The van der Waals surface area contributed by atoms with Crippen molar-refractivity contribution in [1.29, 1.82) is 0 Å². The van der Waals surface area contributed by atoms with Gasteiger partial charge in [-0.25, -0.2) is 4.98 Å². The zero-order valence-corrected chi connectivity index (χ0v) is 18.3. The van der Waals surface area contributed by atoms with Gasteiger partial charge in [-0.15, -0.1) is 11.3 Å². The molecule has 0 bridgehead atoms. The number of aromatic nitrogens is 3. The molecule has 7 heteroatoms. The molecule has 0 spiro atoms. The highest BCUT2D eigenvalue weighted by Crippen LogP contribution is 2.39. The van der Waals surface area contributed by atoms with Crippen LogP contribution in [0.4, 0.5) is 0 Å². The second kappa shape index (κ2) is 7.66. The van der Waals surface area contributed by atoms with Crippen molar-refractivity contribution >= 4 is 21.6 Å². The van der Waals surface area contributed by atoms with Crippen LogP contribution in [0.1, 0.15) is 29.5 Å². The number of fused-ring (bicyclic) bond motifs is 2. The van der Waals surface area contributed by atoms with Crippen LogP contribution in [0.2, 0.25) is 0 Å². The summed E-state index contributed by atoms with van der Waals surface area (Å²) in [6.07, 6.45) is 4.49. The Kier molecular flexibility index (Phi) is 4.65. The minimum absolute atomic E-state index is 0.366. The Morgan fingerprint density at radius 1 is 1.10 bits per heavy atom. The first-order chi connectivity index (χ1) is 15.2. The molecule has 0 N–H and O–H groups in total. The van der Waals surface area contributed by atoms with Crippen LogP contribution in [0, 0.1) is 0 Å². The molecule has 6 rings (SSSR count). The van der Waals surface area contributed by atoms with Gasteiger partial charge in [-0.05, 0) is 49.7 Å². The van der Waals surface area contributed by atoms with Crippen LogP contribution in [0.5, 0.6) is 11.5 Å². The number of likely N-dealkylation sites (tertiary alicyclic amines) is 1. The van der Waals surface area contributed by atoms with Crippen LogP contribution in [0.15, 0.2) is 48.7 Å². The van der Waals surface area contributed by atoms with E-state index in [0.29, 0.717) is 19.3 Å². The fraction of sp³-hybridized carbons (Fsp3) is 0.333. The number of aryl methyl sites for hydroxylation is 1. The summed E-state index contributed by atoms with van der Waals surface area (Å²) in [4.78, 5) is 7.50. The molecule has 6 nitrogen and oxygen atoms in total. The van der Waals surface area contributed by atoms with E-state index in [-0.39, 0.29) is 0 Å². The smallest absolute Gasteiger partial charge is 0.162 e. The van der Waals surface area contributed by atoms with E-state index in [2.05, 4.69) is 47.5 Å². The lowest BCUT2D eigenvalue weighted by Crippen LogP contribution is -2.22. The maximum absolute atomic E-state index is 5.79. The van der Waals surface area contributed by atoms with Gasteiger partial charge in [0.2, 0.25) is 0 Å². The van der Waals surface area contributed by atoms with Crippen molar-refractivity contribution < 1.29 is 9.47 Å². The number of hydrogen-bond donors (Lipinski definition) is 0. The second-order valence-electron chi connectivity index (χ2n) is 8.18. The highest BCUT2D eigenvalue weighted by atomic mass is 32.1. The van der Waals surface area contributed by atoms with Gasteiger partial charge in [0.1, 0.15) is 18.2 Å². The van der Waals surface area contributed by atoms with E-state index in [1.54, 1.807) is 0 Å². The molecule has 1 saturated heterocycles. The number of benzene rings is 2. The topological polar surface area (TPSA) is 52.4 Å². The monoisotopic (exact) mass is 432 g/mol. The summed E-state index contributed by atoms with van der Waals surface area (Å²) in [6.45, 7) is 3.13. The first-order valence-corrected chi connectivity index (χ1v) is 11.6. The van der Waals surface area contributed by atoms with Gasteiger partial charge < -0.3 is 9.47 Å². The van der Waals surface area contributed by atoms with Crippen molar-refractivity contribution in [2.75, 3.05) is 19.8 Å². The van der Waals surface area contributed by atoms with Gasteiger partial charge in [-0.1, -0.05) is 12.1 Å². The normalized spacial score (nSPS) is 18.7. The minimum atomic E-state index is 0.366. The van der Waals surface area contributed by atoms with Crippen molar-refractivity contribution in [3.05, 3.63) is 59.2 Å². The van der Waals surface area contributed by atoms with E-state index in [1.807, 2.05) is 29.1 Å². The maximum atomic E-state index is 5.79. The molecule has 0 radical (unpaired) electrons. The Bertz CT molecular complexity index is 1210. The molecular weight excluding hydrogens is 408 g/mol. The van der Waals surface area contributed by atoms with Gasteiger partial charge in [-0.2, -0.15) is 5.10 Å². The van der Waals surface area contributed by atoms with Gasteiger partial charge in [0.05, 0.1) is 22.0 Å². The van der Waals surface area contributed by atoms with Crippen LogP contribution in [-0.4, -0.2) is 39.4 Å². The Morgan fingerprint density at radius 2 is 1.97 bits per heavy atom. The van der Waals surface area contributed by atoms with Gasteiger partial charge in [0, 0.05) is 30.9 Å². The Balaban J connectivity index is 1.30. The zero-order valence-electron chi connectivity index (χ0n) is 17.5. The second-order valence-corrected chi connectivity index (χ2v) is 9.25. The number of nitrogens with zero attached hydrogens (tertiary/aromatic N) is 4. The van der Waals surface area contributed by atoms with E-state index < -0.39 is 0 Å². The van der Waals surface area contributed by atoms with Crippen molar-refractivity contribution in [3.63, 3.8) is 0 Å². The van der Waals surface area contributed by atoms with Crippen molar-refractivity contribution in [1.82, 2.24) is 19.7 Å². The molecule has 4 aromatic rings. The predicted octanol–water partition coefficient (Wildman–Crippen LogP) is 4.81. The molecule has 2 aromatic heterocycles. The standard InChI is InChI=1S/C24H24N4O2S/c1-27-14-17(23(26-27)16-8-9-20-21(13-16)30-12-11-29-20)15-28-10-4-6-19(28)24-25-18-5-2-3-7-22(18)31-24/h2-3,5,7-9,13-14,19H,4,6,10-12,15H2,1H3/t19-/m1/s1. The van der Waals surface area contributed by atoms with Crippen LogP contribution < -0.4 is 9.47 Å². The summed E-state index contributed by atoms with van der Waals surface area (Å²) in [6, 6.07) is 14.9. The van der Waals surface area contributed by atoms with E-state index in [4.69, 9.17) is 19.6 Å². The summed E-state index contributed by atoms with van der Waals surface area (Å²) in [5, 5.41) is 6.01. The van der Waals surface area contributed by atoms with Crippen LogP contribution in [0.25, 0.3) is 21.5 Å². The molecule has 158 valence electrons. The summed E-state index contributed by atoms with van der Waals surface area (Å²) in [7, 11) is 1.99. The Hall–Kier alpha value is -2.90. The number of para-hydroxylation sites is 1. The number of thiazole rings is 1. The Morgan fingerprint density at radius 3 is 2.87 bits per heavy atom. The molecule has 0 aliphatic carbocycles. The van der Waals surface area contributed by atoms with Gasteiger partial charge in [0.15, 0.2) is 11.5 Å². The molecule has 2 aromatic carbocycles. The minimum Gasteiger partial charge on any atom is -0.486 e. The summed E-state index contributed by atoms with van der Waals surface area (Å²) in [5.74, 6) is 1.61. The SMILES string of the molecule is Cn1cc(CN2CCC[C@@H]2c2nc3ccccc3s2)c(-c2ccc3c(c2)OCCO3)n1. The number of hydrogen-bond acceptors (Lipinski definition) is 6. The molecule has 2 aliphatic rings. The van der Waals surface area contributed by atoms with Crippen LogP contribution >= 0.6 is 11.3 Å².